The second kappa shape index (κ2) is 10.8. The van der Waals surface area contributed by atoms with Crippen LogP contribution in [0.1, 0.15) is 53.4 Å². The first-order valence-electron chi connectivity index (χ1n) is 12.7. The molecular formula is C25H36ClN5O5. The third-order valence-corrected chi connectivity index (χ3v) is 7.02. The molecule has 2 atom stereocenters. The van der Waals surface area contributed by atoms with Crippen molar-refractivity contribution in [2.24, 2.45) is 5.92 Å². The van der Waals surface area contributed by atoms with Crippen LogP contribution in [0.15, 0.2) is 15.7 Å². The number of aromatic nitrogens is 3. The van der Waals surface area contributed by atoms with Gasteiger partial charge in [-0.2, -0.15) is 0 Å². The maximum absolute atomic E-state index is 12.9. The number of amides is 1. The van der Waals surface area contributed by atoms with Crippen molar-refractivity contribution in [3.8, 4) is 5.75 Å². The first-order valence-corrected chi connectivity index (χ1v) is 13.1. The fourth-order valence-corrected chi connectivity index (χ4v) is 5.30. The second-order valence-electron chi connectivity index (χ2n) is 10.7. The number of likely N-dealkylation sites (tertiary alicyclic amines) is 2. The number of pyridine rings is 1. The summed E-state index contributed by atoms with van der Waals surface area (Å²) in [6.07, 6.45) is 3.42. The Morgan fingerprint density at radius 3 is 2.69 bits per heavy atom. The molecule has 11 heteroatoms. The lowest BCUT2D eigenvalue weighted by atomic mass is 9.99. The Bertz CT molecular complexity index is 1220. The molecule has 4 rings (SSSR count). The largest absolute Gasteiger partial charge is 0.492 e. The highest BCUT2D eigenvalue weighted by Gasteiger charge is 2.29. The molecule has 2 aliphatic heterocycles. The van der Waals surface area contributed by atoms with Gasteiger partial charge in [-0.25, -0.2) is 14.6 Å². The van der Waals surface area contributed by atoms with Crippen LogP contribution in [0.2, 0.25) is 5.15 Å². The number of carbonyl (C=O) groups is 1. The van der Waals surface area contributed by atoms with Gasteiger partial charge in [-0.3, -0.25) is 19.2 Å². The molecule has 0 aliphatic carbocycles. The average molecular weight is 522 g/mol. The van der Waals surface area contributed by atoms with Gasteiger partial charge < -0.3 is 14.4 Å². The van der Waals surface area contributed by atoms with Crippen molar-refractivity contribution in [1.82, 2.24) is 24.3 Å². The fraction of sp³-hybridized carbons (Fsp3) is 0.680. The number of hydrogen-bond donors (Lipinski definition) is 1. The Balaban J connectivity index is 1.56. The lowest BCUT2D eigenvalue weighted by molar-refractivity contribution is 0.0139. The molecule has 2 aromatic rings. The van der Waals surface area contributed by atoms with E-state index in [1.165, 1.54) is 10.6 Å². The molecule has 1 amide bonds. The van der Waals surface area contributed by atoms with Crippen molar-refractivity contribution >= 4 is 28.7 Å². The van der Waals surface area contributed by atoms with Gasteiger partial charge in [-0.05, 0) is 59.5 Å². The molecule has 1 N–H and O–H groups in total. The number of H-pyrrole nitrogens is 1. The molecule has 0 spiro atoms. The number of hydrogen-bond acceptors (Lipinski definition) is 7. The maximum atomic E-state index is 12.9. The Hall–Kier alpha value is -2.59. The number of halogens is 1. The van der Waals surface area contributed by atoms with Gasteiger partial charge in [-0.15, -0.1) is 0 Å². The molecule has 0 unspecified atom stereocenters. The summed E-state index contributed by atoms with van der Waals surface area (Å²) >= 11 is 6.32. The Morgan fingerprint density at radius 1 is 1.22 bits per heavy atom. The maximum Gasteiger partial charge on any atom is 0.410 e. The molecule has 2 aromatic heterocycles. The SMILES string of the molecule is CCN1CCC[C@H]1Cn1c(=O)[nH]c(=O)c2c(OC[C@@H]3CCCN(C(=O)OC(C)(C)C)C3)cc(Cl)nc21. The van der Waals surface area contributed by atoms with E-state index in [-0.39, 0.29) is 40.0 Å². The standard InChI is InChI=1S/C25H36ClN5O5/c1-5-29-10-7-9-17(29)14-31-21-20(22(32)28-23(31)33)18(12-19(26)27-21)35-15-16-8-6-11-30(13-16)24(34)36-25(2,3)4/h12,16-17H,5-11,13-15H2,1-4H3,(H,28,32,33)/t16-,17+/m1/s1. The molecule has 2 fully saturated rings. The number of ether oxygens (including phenoxy) is 2. The summed E-state index contributed by atoms with van der Waals surface area (Å²) in [6, 6.07) is 1.70. The van der Waals surface area contributed by atoms with E-state index in [4.69, 9.17) is 21.1 Å². The third kappa shape index (κ3) is 6.03. The minimum atomic E-state index is -0.559. The lowest BCUT2D eigenvalue weighted by Crippen LogP contribution is -2.44. The minimum absolute atomic E-state index is 0.0647. The minimum Gasteiger partial charge on any atom is -0.492 e. The van der Waals surface area contributed by atoms with Gasteiger partial charge in [0.15, 0.2) is 5.65 Å². The Labute approximate surface area is 215 Å². The molecule has 0 saturated carbocycles. The van der Waals surface area contributed by atoms with Crippen LogP contribution in [0.25, 0.3) is 11.0 Å². The average Bonchev–Trinajstić information content (AvgIpc) is 3.26. The molecule has 2 aliphatic rings. The zero-order valence-corrected chi connectivity index (χ0v) is 22.3. The topological polar surface area (TPSA) is 110 Å². The van der Waals surface area contributed by atoms with E-state index in [2.05, 4.69) is 21.8 Å². The number of carbonyl (C=O) groups excluding carboxylic acids is 1. The van der Waals surface area contributed by atoms with E-state index >= 15 is 0 Å². The van der Waals surface area contributed by atoms with Crippen molar-refractivity contribution in [1.29, 1.82) is 0 Å². The van der Waals surface area contributed by atoms with Crippen LogP contribution >= 0.6 is 11.6 Å². The summed E-state index contributed by atoms with van der Waals surface area (Å²) in [5.74, 6) is 0.350. The van der Waals surface area contributed by atoms with Crippen molar-refractivity contribution in [2.45, 2.75) is 71.6 Å². The molecule has 4 heterocycles. The van der Waals surface area contributed by atoms with Gasteiger partial charge in [0.25, 0.3) is 5.56 Å². The van der Waals surface area contributed by atoms with Crippen LogP contribution in [-0.2, 0) is 11.3 Å². The molecule has 0 aromatic carbocycles. The van der Waals surface area contributed by atoms with E-state index in [0.717, 1.165) is 38.8 Å². The molecule has 0 bridgehead atoms. The summed E-state index contributed by atoms with van der Waals surface area (Å²) in [5.41, 5.74) is -1.38. The first-order chi connectivity index (χ1) is 17.1. The van der Waals surface area contributed by atoms with Crippen LogP contribution in [0.3, 0.4) is 0 Å². The van der Waals surface area contributed by atoms with Gasteiger partial charge in [0.05, 0.1) is 6.61 Å². The van der Waals surface area contributed by atoms with Crippen molar-refractivity contribution in [2.75, 3.05) is 32.8 Å². The predicted octanol–water partition coefficient (Wildman–Crippen LogP) is 3.25. The third-order valence-electron chi connectivity index (χ3n) is 6.83. The summed E-state index contributed by atoms with van der Waals surface area (Å²) in [7, 11) is 0. The summed E-state index contributed by atoms with van der Waals surface area (Å²) in [6.45, 7) is 11.4. The number of likely N-dealkylation sites (N-methyl/N-ethyl adjacent to an activating group) is 1. The zero-order chi connectivity index (χ0) is 26.0. The van der Waals surface area contributed by atoms with E-state index in [9.17, 15) is 14.4 Å². The number of nitrogens with one attached hydrogen (secondary N) is 1. The number of rotatable bonds is 6. The van der Waals surface area contributed by atoms with E-state index in [0.29, 0.717) is 26.2 Å². The number of piperidine rings is 1. The van der Waals surface area contributed by atoms with Crippen molar-refractivity contribution in [3.63, 3.8) is 0 Å². The zero-order valence-electron chi connectivity index (χ0n) is 21.5. The molecule has 0 radical (unpaired) electrons. The summed E-state index contributed by atoms with van der Waals surface area (Å²) in [5, 5.41) is 0.355. The van der Waals surface area contributed by atoms with Gasteiger partial charge in [0.2, 0.25) is 0 Å². The lowest BCUT2D eigenvalue weighted by Gasteiger charge is -2.34. The van der Waals surface area contributed by atoms with Crippen LogP contribution in [-0.4, -0.2) is 74.9 Å². The summed E-state index contributed by atoms with van der Waals surface area (Å²) in [4.78, 5) is 49.0. The highest BCUT2D eigenvalue weighted by atomic mass is 35.5. The fourth-order valence-electron chi connectivity index (χ4n) is 5.13. The van der Waals surface area contributed by atoms with Gasteiger partial charge in [0.1, 0.15) is 21.9 Å². The smallest absolute Gasteiger partial charge is 0.410 e. The monoisotopic (exact) mass is 521 g/mol. The van der Waals surface area contributed by atoms with Gasteiger partial charge in [-0.1, -0.05) is 18.5 Å². The summed E-state index contributed by atoms with van der Waals surface area (Å²) < 4.78 is 13.1. The van der Waals surface area contributed by atoms with Crippen LogP contribution in [0.4, 0.5) is 4.79 Å². The van der Waals surface area contributed by atoms with Crippen LogP contribution in [0, 0.1) is 5.92 Å². The van der Waals surface area contributed by atoms with Gasteiger partial charge in [0, 0.05) is 37.7 Å². The first kappa shape index (κ1) is 26.5. The number of nitrogens with zero attached hydrogens (tertiary/aromatic N) is 4. The Kier molecular flexibility index (Phi) is 7.94. The highest BCUT2D eigenvalue weighted by Crippen LogP contribution is 2.27. The van der Waals surface area contributed by atoms with E-state index < -0.39 is 16.9 Å². The number of aromatic amines is 1. The normalized spacial score (nSPS) is 21.2. The van der Waals surface area contributed by atoms with Crippen molar-refractivity contribution in [3.05, 3.63) is 32.1 Å². The quantitative estimate of drug-likeness (QED) is 0.581. The van der Waals surface area contributed by atoms with Crippen LogP contribution in [0.5, 0.6) is 5.75 Å². The molecule has 198 valence electrons. The molecule has 2 saturated heterocycles. The Morgan fingerprint density at radius 2 is 1.97 bits per heavy atom. The predicted molar refractivity (Wildman–Crippen MR) is 138 cm³/mol. The molecule has 36 heavy (non-hydrogen) atoms. The molecular weight excluding hydrogens is 486 g/mol. The van der Waals surface area contributed by atoms with Crippen LogP contribution < -0.4 is 16.0 Å². The van der Waals surface area contributed by atoms with E-state index in [1.807, 2.05) is 20.8 Å². The van der Waals surface area contributed by atoms with Crippen molar-refractivity contribution < 1.29 is 14.3 Å². The van der Waals surface area contributed by atoms with E-state index in [1.54, 1.807) is 4.90 Å². The van der Waals surface area contributed by atoms with Gasteiger partial charge >= 0.3 is 11.8 Å². The highest BCUT2D eigenvalue weighted by molar-refractivity contribution is 6.30. The number of fused-ring (bicyclic) bond motifs is 1. The second-order valence-corrected chi connectivity index (χ2v) is 11.1. The molecule has 10 nitrogen and oxygen atoms in total.